The fraction of sp³-hybridized carbons (Fsp3) is 0.400. The summed E-state index contributed by atoms with van der Waals surface area (Å²) in [5, 5.41) is 2.41. The second kappa shape index (κ2) is 11.0. The highest BCUT2D eigenvalue weighted by Gasteiger charge is 2.00. The van der Waals surface area contributed by atoms with Gasteiger partial charge in [-0.25, -0.2) is 8.42 Å². The first-order chi connectivity index (χ1) is 10.6. The summed E-state index contributed by atoms with van der Waals surface area (Å²) >= 11 is 0. The van der Waals surface area contributed by atoms with Gasteiger partial charge in [0, 0.05) is 10.8 Å². The largest absolute Gasteiger partial charge is 0.220 e. The van der Waals surface area contributed by atoms with Gasteiger partial charge >= 0.3 is 0 Å². The van der Waals surface area contributed by atoms with Gasteiger partial charge in [0.2, 0.25) is 0 Å². The van der Waals surface area contributed by atoms with E-state index in [-0.39, 0.29) is 0 Å². The van der Waals surface area contributed by atoms with Crippen LogP contribution in [-0.4, -0.2) is 8.42 Å². The first kappa shape index (κ1) is 21.4. The molecule has 0 aliphatic carbocycles. The Morgan fingerprint density at radius 1 is 0.783 bits per heavy atom. The summed E-state index contributed by atoms with van der Waals surface area (Å²) < 4.78 is 23.8. The van der Waals surface area contributed by atoms with Crippen molar-refractivity contribution in [1.82, 2.24) is 0 Å². The van der Waals surface area contributed by atoms with Gasteiger partial charge in [0.25, 0.3) is 0 Å². The summed E-state index contributed by atoms with van der Waals surface area (Å²) in [5.74, 6) is 0. The van der Waals surface area contributed by atoms with Crippen LogP contribution < -0.4 is 0 Å². The summed E-state index contributed by atoms with van der Waals surface area (Å²) in [5.41, 5.74) is 4.12. The Hall–Kier alpha value is -1.61. The molecular weight excluding hydrogens is 304 g/mol. The number of hydrogen-bond donors (Lipinski definition) is 0. The van der Waals surface area contributed by atoms with Gasteiger partial charge < -0.3 is 0 Å². The molecule has 3 heteroatoms. The van der Waals surface area contributed by atoms with Crippen LogP contribution in [0.2, 0.25) is 0 Å². The molecule has 0 rings (SSSR count). The molecule has 0 fully saturated rings. The average molecular weight is 335 g/mol. The van der Waals surface area contributed by atoms with Gasteiger partial charge in [-0.15, -0.1) is 0 Å². The lowest BCUT2D eigenvalue weighted by Gasteiger charge is -1.98. The highest BCUT2D eigenvalue weighted by atomic mass is 32.2. The highest BCUT2D eigenvalue weighted by Crippen LogP contribution is 2.11. The first-order valence-corrected chi connectivity index (χ1v) is 9.47. The molecule has 0 amide bonds. The van der Waals surface area contributed by atoms with Crippen LogP contribution in [0.15, 0.2) is 70.6 Å². The Bertz CT molecular complexity index is 569. The van der Waals surface area contributed by atoms with Gasteiger partial charge in [0.15, 0.2) is 9.84 Å². The van der Waals surface area contributed by atoms with E-state index in [2.05, 4.69) is 25.3 Å². The molecule has 0 spiro atoms. The van der Waals surface area contributed by atoms with Crippen molar-refractivity contribution in [2.75, 3.05) is 0 Å². The summed E-state index contributed by atoms with van der Waals surface area (Å²) in [6.07, 6.45) is 10.7. The van der Waals surface area contributed by atoms with Crippen LogP contribution in [0.1, 0.15) is 53.4 Å². The molecule has 0 saturated heterocycles. The Labute approximate surface area is 142 Å². The molecule has 2 nitrogen and oxygen atoms in total. The Balaban J connectivity index is 4.46. The maximum atomic E-state index is 11.9. The van der Waals surface area contributed by atoms with E-state index in [1.54, 1.807) is 12.2 Å². The second-order valence-corrected chi connectivity index (χ2v) is 7.87. The van der Waals surface area contributed by atoms with E-state index < -0.39 is 9.84 Å². The van der Waals surface area contributed by atoms with Gasteiger partial charge in [0.05, 0.1) is 0 Å². The van der Waals surface area contributed by atoms with Gasteiger partial charge in [-0.1, -0.05) is 47.6 Å². The van der Waals surface area contributed by atoms with Crippen LogP contribution in [-0.2, 0) is 9.84 Å². The third kappa shape index (κ3) is 13.8. The molecule has 0 N–H and O–H groups in total. The highest BCUT2D eigenvalue weighted by molar-refractivity contribution is 7.97. The molecule has 0 aliphatic heterocycles. The number of allylic oxidation sites excluding steroid dienone is 8. The molecular formula is C20H30O2S. The molecule has 0 bridgehead atoms. The van der Waals surface area contributed by atoms with E-state index in [9.17, 15) is 8.42 Å². The van der Waals surface area contributed by atoms with E-state index in [4.69, 9.17) is 0 Å². The first-order valence-electron chi connectivity index (χ1n) is 7.86. The summed E-state index contributed by atoms with van der Waals surface area (Å²) in [4.78, 5) is 0. The van der Waals surface area contributed by atoms with Gasteiger partial charge in [-0.2, -0.15) is 0 Å². The molecule has 0 aliphatic rings. The normalized spacial score (nSPS) is 11.7. The molecule has 0 radical (unpaired) electrons. The maximum absolute atomic E-state index is 11.9. The van der Waals surface area contributed by atoms with Crippen molar-refractivity contribution in [1.29, 1.82) is 0 Å². The SMILES string of the molecule is C=C(C=CS(=O)(=O)C=CC(=C)CCC=C(C)C)CCC=C(C)C. The number of sulfone groups is 1. The van der Waals surface area contributed by atoms with Crippen LogP contribution in [0.25, 0.3) is 0 Å². The molecule has 23 heavy (non-hydrogen) atoms. The Morgan fingerprint density at radius 2 is 1.13 bits per heavy atom. The van der Waals surface area contributed by atoms with E-state index in [1.165, 1.54) is 22.0 Å². The lowest BCUT2D eigenvalue weighted by atomic mass is 10.1. The minimum Gasteiger partial charge on any atom is -0.220 e. The van der Waals surface area contributed by atoms with Gasteiger partial charge in [-0.05, 0) is 65.5 Å². The molecule has 0 saturated carbocycles. The summed E-state index contributed by atoms with van der Waals surface area (Å²) in [6.45, 7) is 15.9. The summed E-state index contributed by atoms with van der Waals surface area (Å²) in [7, 11) is -3.37. The standard InChI is InChI=1S/C20H30O2S/c1-17(2)9-7-11-19(5)13-15-23(21,22)16-14-20(6)12-8-10-18(3)4/h9-10,13-16H,5-8,11-12H2,1-4H3. The van der Waals surface area contributed by atoms with E-state index in [0.29, 0.717) is 0 Å². The molecule has 0 aromatic rings. The second-order valence-electron chi connectivity index (χ2n) is 6.15. The van der Waals surface area contributed by atoms with Crippen molar-refractivity contribution in [3.63, 3.8) is 0 Å². The lowest BCUT2D eigenvalue weighted by molar-refractivity contribution is 0.612. The molecule has 128 valence electrons. The molecule has 0 aromatic carbocycles. The predicted octanol–water partition coefficient (Wildman–Crippen LogP) is 6.03. The fourth-order valence-electron chi connectivity index (χ4n) is 1.69. The Kier molecular flexibility index (Phi) is 10.2. The van der Waals surface area contributed by atoms with Gasteiger partial charge in [0.1, 0.15) is 0 Å². The minimum absolute atomic E-state index is 0.760. The van der Waals surface area contributed by atoms with E-state index in [0.717, 1.165) is 36.8 Å². The zero-order chi connectivity index (χ0) is 17.9. The van der Waals surface area contributed by atoms with Crippen LogP contribution in [0.5, 0.6) is 0 Å². The topological polar surface area (TPSA) is 34.1 Å². The van der Waals surface area contributed by atoms with E-state index >= 15 is 0 Å². The molecule has 0 aromatic heterocycles. The maximum Gasteiger partial charge on any atom is 0.193 e. The van der Waals surface area contributed by atoms with E-state index in [1.807, 2.05) is 27.7 Å². The average Bonchev–Trinajstić information content (AvgIpc) is 2.42. The molecule has 0 unspecified atom stereocenters. The summed E-state index contributed by atoms with van der Waals surface area (Å²) in [6, 6.07) is 0. The van der Waals surface area contributed by atoms with Crippen molar-refractivity contribution in [2.45, 2.75) is 53.4 Å². The van der Waals surface area contributed by atoms with Crippen LogP contribution in [0, 0.1) is 0 Å². The van der Waals surface area contributed by atoms with Crippen molar-refractivity contribution in [3.8, 4) is 0 Å². The minimum atomic E-state index is -3.37. The van der Waals surface area contributed by atoms with Crippen molar-refractivity contribution >= 4 is 9.84 Å². The smallest absolute Gasteiger partial charge is 0.193 e. The number of rotatable bonds is 10. The Morgan fingerprint density at radius 3 is 1.43 bits per heavy atom. The molecule has 0 heterocycles. The number of hydrogen-bond acceptors (Lipinski definition) is 2. The third-order valence-corrected chi connectivity index (χ3v) is 4.05. The lowest BCUT2D eigenvalue weighted by Crippen LogP contribution is -1.89. The van der Waals surface area contributed by atoms with Crippen LogP contribution >= 0.6 is 0 Å². The van der Waals surface area contributed by atoms with Crippen LogP contribution in [0.4, 0.5) is 0 Å². The monoisotopic (exact) mass is 334 g/mol. The van der Waals surface area contributed by atoms with Crippen molar-refractivity contribution in [3.05, 3.63) is 70.6 Å². The zero-order valence-corrected chi connectivity index (χ0v) is 15.7. The fourth-order valence-corrected chi connectivity index (χ4v) is 2.54. The van der Waals surface area contributed by atoms with Crippen LogP contribution in [0.3, 0.4) is 0 Å². The zero-order valence-electron chi connectivity index (χ0n) is 14.9. The predicted molar refractivity (Wildman–Crippen MR) is 103 cm³/mol. The quantitative estimate of drug-likeness (QED) is 0.361. The van der Waals surface area contributed by atoms with Crippen molar-refractivity contribution in [2.24, 2.45) is 0 Å². The third-order valence-electron chi connectivity index (χ3n) is 3.02. The molecule has 0 atom stereocenters. The van der Waals surface area contributed by atoms with Crippen molar-refractivity contribution < 1.29 is 8.42 Å². The van der Waals surface area contributed by atoms with Gasteiger partial charge in [-0.3, -0.25) is 0 Å².